The first-order chi connectivity index (χ1) is 27.7. The van der Waals surface area contributed by atoms with E-state index in [0.29, 0.717) is 18.9 Å². The van der Waals surface area contributed by atoms with Gasteiger partial charge in [-0.3, -0.25) is 4.79 Å². The van der Waals surface area contributed by atoms with Crippen LogP contribution in [0.4, 0.5) is 0 Å². The molecule has 11 fully saturated rings. The van der Waals surface area contributed by atoms with Crippen molar-refractivity contribution in [1.82, 2.24) is 0 Å². The van der Waals surface area contributed by atoms with Crippen LogP contribution < -0.4 is 0 Å². The van der Waals surface area contributed by atoms with Crippen LogP contribution >= 0.6 is 0 Å². The largest absolute Gasteiger partial charge is 0.466 e. The van der Waals surface area contributed by atoms with Crippen LogP contribution in [0.2, 0.25) is 0 Å². The van der Waals surface area contributed by atoms with Gasteiger partial charge in [0.1, 0.15) is 0 Å². The Labute approximate surface area is 332 Å². The molecule has 0 saturated heterocycles. The molecule has 2 nitrogen and oxygen atoms in total. The van der Waals surface area contributed by atoms with Crippen LogP contribution in [0.3, 0.4) is 0 Å². The Bertz CT molecular complexity index is 2350. The van der Waals surface area contributed by atoms with E-state index in [1.54, 1.807) is 18.4 Å². The number of fused-ring (bicyclic) bond motifs is 1. The van der Waals surface area contributed by atoms with Crippen molar-refractivity contribution in [2.24, 2.45) is 142 Å². The Morgan fingerprint density at radius 3 is 2.48 bits per heavy atom. The maximum atomic E-state index is 13.3. The third kappa shape index (κ3) is 2.57. The van der Waals surface area contributed by atoms with Gasteiger partial charge in [-0.05, 0) is 186 Å². The van der Waals surface area contributed by atoms with E-state index in [1.165, 1.54) is 19.3 Å². The highest BCUT2D eigenvalue weighted by Gasteiger charge is 2.92. The molecule has 18 rings (SSSR count). The minimum atomic E-state index is 0.0500. The number of benzene rings is 1. The molecule has 11 saturated carbocycles. The van der Waals surface area contributed by atoms with E-state index >= 15 is 0 Å². The molecule has 0 aromatic heterocycles. The summed E-state index contributed by atoms with van der Waals surface area (Å²) in [7, 11) is 0. The van der Waals surface area contributed by atoms with E-state index in [1.807, 2.05) is 22.3 Å². The predicted molar refractivity (Wildman–Crippen MR) is 212 cm³/mol. The molecule has 0 bridgehead atoms. The summed E-state index contributed by atoms with van der Waals surface area (Å²) in [6.07, 6.45) is 21.5. The lowest BCUT2D eigenvalue weighted by Crippen LogP contribution is -2.55. The summed E-state index contributed by atoms with van der Waals surface area (Å²) in [5.41, 5.74) is 16.5. The minimum Gasteiger partial charge on any atom is -0.466 e. The van der Waals surface area contributed by atoms with Gasteiger partial charge in [-0.25, -0.2) is 0 Å². The molecule has 0 N–H and O–H groups in total. The molecule has 0 aliphatic heterocycles. The second kappa shape index (κ2) is 8.80. The summed E-state index contributed by atoms with van der Waals surface area (Å²) in [5.74, 6) is 21.1. The van der Waals surface area contributed by atoms with Crippen molar-refractivity contribution in [3.63, 3.8) is 0 Å². The number of esters is 1. The molecule has 2 heteroatoms. The molecule has 0 radical (unpaired) electrons. The van der Waals surface area contributed by atoms with Crippen LogP contribution in [0.1, 0.15) is 76.7 Å². The molecule has 0 heterocycles. The monoisotopic (exact) mass is 736 g/mol. The first kappa shape index (κ1) is 29.6. The van der Waals surface area contributed by atoms with E-state index in [-0.39, 0.29) is 16.8 Å². The zero-order valence-corrected chi connectivity index (χ0v) is 33.0. The van der Waals surface area contributed by atoms with Gasteiger partial charge < -0.3 is 4.74 Å². The third-order valence-corrected chi connectivity index (χ3v) is 23.9. The minimum absolute atomic E-state index is 0.0500. The zero-order chi connectivity index (χ0) is 35.6. The molecule has 25 unspecified atom stereocenters. The summed E-state index contributed by atoms with van der Waals surface area (Å²) in [6, 6.07) is 12.1. The smallest absolute Gasteiger partial charge is 0.305 e. The number of carbonyl (C=O) groups is 1. The quantitative estimate of drug-likeness (QED) is 0.151. The van der Waals surface area contributed by atoms with Crippen molar-refractivity contribution < 1.29 is 9.53 Å². The first-order valence-corrected chi connectivity index (χ1v) is 24.5. The Kier molecular flexibility index (Phi) is 4.65. The lowest BCUT2D eigenvalue weighted by atomic mass is 9.45. The molecule has 1 spiro atoms. The van der Waals surface area contributed by atoms with Crippen LogP contribution in [0, 0.1) is 142 Å². The Hall–Kier alpha value is -2.61. The summed E-state index contributed by atoms with van der Waals surface area (Å²) < 4.78 is 5.82. The summed E-state index contributed by atoms with van der Waals surface area (Å²) in [5, 5.41) is 0. The number of hydrogen-bond donors (Lipinski definition) is 0. The normalized spacial score (nSPS) is 61.6. The highest BCUT2D eigenvalue weighted by molar-refractivity contribution is 5.70. The van der Waals surface area contributed by atoms with Crippen molar-refractivity contribution in [2.75, 3.05) is 6.61 Å². The van der Waals surface area contributed by atoms with E-state index in [0.717, 1.165) is 156 Å². The van der Waals surface area contributed by atoms with Gasteiger partial charge >= 0.3 is 5.97 Å². The van der Waals surface area contributed by atoms with Crippen LogP contribution in [-0.4, -0.2) is 12.6 Å². The molecular weight excluding hydrogens is 681 g/mol. The van der Waals surface area contributed by atoms with Crippen LogP contribution in [0.5, 0.6) is 0 Å². The zero-order valence-electron chi connectivity index (χ0n) is 33.0. The fourth-order valence-corrected chi connectivity index (χ4v) is 24.5. The fraction of sp³-hybridized carbons (Fsp3) is 0.685. The fourth-order valence-electron chi connectivity index (χ4n) is 24.5. The highest BCUT2D eigenvalue weighted by Crippen LogP contribution is 2.96. The molecule has 1 aromatic carbocycles. The molecule has 56 heavy (non-hydrogen) atoms. The highest BCUT2D eigenvalue weighted by atomic mass is 16.5. The Morgan fingerprint density at radius 2 is 1.57 bits per heavy atom. The molecule has 284 valence electrons. The second-order valence-corrected chi connectivity index (χ2v) is 24.0. The van der Waals surface area contributed by atoms with Gasteiger partial charge in [0.05, 0.1) is 6.61 Å². The number of ether oxygens (including phenoxy) is 1. The van der Waals surface area contributed by atoms with Gasteiger partial charge in [-0.2, -0.15) is 0 Å². The van der Waals surface area contributed by atoms with Crippen LogP contribution in [-0.2, 0) is 14.9 Å². The van der Waals surface area contributed by atoms with E-state index < -0.39 is 0 Å². The lowest BCUT2D eigenvalue weighted by molar-refractivity contribution is -0.143. The average Bonchev–Trinajstić information content (AvgIpc) is 3.89. The second-order valence-electron chi connectivity index (χ2n) is 24.0. The van der Waals surface area contributed by atoms with Gasteiger partial charge in [0.25, 0.3) is 0 Å². The predicted octanol–water partition coefficient (Wildman–Crippen LogP) is 10.2. The van der Waals surface area contributed by atoms with Gasteiger partial charge in [0.15, 0.2) is 0 Å². The molecule has 0 amide bonds. The van der Waals surface area contributed by atoms with Crippen molar-refractivity contribution in [2.45, 2.75) is 76.5 Å². The van der Waals surface area contributed by atoms with Gasteiger partial charge in [-0.15, -0.1) is 0 Å². The van der Waals surface area contributed by atoms with E-state index in [4.69, 9.17) is 4.74 Å². The third-order valence-electron chi connectivity index (χ3n) is 23.9. The SMILES string of the molecule is CCCCOC(=O)CCCC1(c2ccccc2)C2C3=CC4CC5=CC6CC7CC8CC9CC%10=CC21C1C%10C2C9C9C%10C%11=C(C6C6=C5C4C4C3C1C(C4C6%11)C%102)C7C89. The maximum absolute atomic E-state index is 13.3. The van der Waals surface area contributed by atoms with Crippen molar-refractivity contribution >= 4 is 5.97 Å². The number of carbonyl (C=O) groups excluding carboxylic acids is 1. The molecule has 1 aromatic rings. The maximum Gasteiger partial charge on any atom is 0.305 e. The molecule has 17 aliphatic rings. The average molecular weight is 737 g/mol. The van der Waals surface area contributed by atoms with E-state index in [9.17, 15) is 4.79 Å². The van der Waals surface area contributed by atoms with Gasteiger partial charge in [-0.1, -0.05) is 89.8 Å². The number of hydrogen-bond acceptors (Lipinski definition) is 2. The standard InChI is InChI=1S/C54H56O2/c1-2-3-12-56-30(55)10-7-11-53(28-8-5-4-6-9-28)52-29-19-26-17-23-15-24-14-21-13-22-16-25-18-27-20-54(52,53)51-37(27)42-36(25)41-32(22)31(21)39-35(24)40-33(23)34(26)43-38(29)50(51)49-47(42)45(41)44(39)46(40)48(43)49/h4-6,8-9,15,19-22,24-26,31-32,34-38,41-43,45-52H,2-3,7,10-14,16-18H2,1H3. The summed E-state index contributed by atoms with van der Waals surface area (Å²) in [4.78, 5) is 13.3. The van der Waals surface area contributed by atoms with Gasteiger partial charge in [0, 0.05) is 35.0 Å². The van der Waals surface area contributed by atoms with E-state index in [2.05, 4.69) is 72.2 Å². The topological polar surface area (TPSA) is 26.3 Å². The lowest BCUT2D eigenvalue weighted by Gasteiger charge is -2.59. The van der Waals surface area contributed by atoms with Crippen LogP contribution in [0.15, 0.2) is 87.6 Å². The van der Waals surface area contributed by atoms with Crippen molar-refractivity contribution in [3.05, 3.63) is 93.1 Å². The first-order valence-electron chi connectivity index (χ1n) is 24.5. The molecule has 17 aliphatic carbocycles. The van der Waals surface area contributed by atoms with Gasteiger partial charge in [0.2, 0.25) is 0 Å². The van der Waals surface area contributed by atoms with Crippen molar-refractivity contribution in [3.8, 4) is 0 Å². The number of rotatable bonds is 8. The number of allylic oxidation sites excluding steroid dienone is 10. The molecule has 25 atom stereocenters. The van der Waals surface area contributed by atoms with Crippen molar-refractivity contribution in [1.29, 1.82) is 0 Å². The Balaban J connectivity index is 0.912. The number of unbranched alkanes of at least 4 members (excludes halogenated alkanes) is 1. The summed E-state index contributed by atoms with van der Waals surface area (Å²) >= 11 is 0. The molecular formula is C54H56O2. The Morgan fingerprint density at radius 1 is 0.714 bits per heavy atom. The van der Waals surface area contributed by atoms with Crippen LogP contribution in [0.25, 0.3) is 0 Å². The summed E-state index contributed by atoms with van der Waals surface area (Å²) in [6.45, 7) is 2.78.